The van der Waals surface area contributed by atoms with Crippen molar-refractivity contribution in [2.45, 2.75) is 37.5 Å². The van der Waals surface area contributed by atoms with E-state index in [2.05, 4.69) is 25.3 Å². The Labute approximate surface area is 102 Å². The maximum absolute atomic E-state index is 5.71. The Morgan fingerprint density at radius 1 is 1.35 bits per heavy atom. The molecule has 2 bridgehead atoms. The van der Waals surface area contributed by atoms with E-state index in [0.717, 1.165) is 23.2 Å². The summed E-state index contributed by atoms with van der Waals surface area (Å²) in [7, 11) is 0. The molecule has 0 aliphatic heterocycles. The maximum Gasteiger partial charge on any atom is 0.131 e. The van der Waals surface area contributed by atoms with Crippen LogP contribution in [0.15, 0.2) is 47.4 Å². The quantitative estimate of drug-likeness (QED) is 0.681. The van der Waals surface area contributed by atoms with Crippen molar-refractivity contribution in [2.75, 3.05) is 0 Å². The van der Waals surface area contributed by atoms with Gasteiger partial charge in [0.2, 0.25) is 0 Å². The van der Waals surface area contributed by atoms with E-state index in [4.69, 9.17) is 4.42 Å². The summed E-state index contributed by atoms with van der Waals surface area (Å²) in [6, 6.07) is 6.36. The molecule has 2 aromatic heterocycles. The zero-order chi connectivity index (χ0) is 11.9. The van der Waals surface area contributed by atoms with E-state index in [9.17, 15) is 0 Å². The SMILES string of the molecule is C=CC(=C)CC1(c2cc3ccc2o3)CCCC1. The fraction of sp³-hybridized carbons (Fsp3) is 0.375. The van der Waals surface area contributed by atoms with Gasteiger partial charge in [0.1, 0.15) is 11.2 Å². The van der Waals surface area contributed by atoms with Crippen LogP contribution in [0, 0.1) is 0 Å². The monoisotopic (exact) mass is 226 g/mol. The molecule has 3 rings (SSSR count). The molecule has 0 aromatic carbocycles. The fourth-order valence-electron chi connectivity index (χ4n) is 3.30. The summed E-state index contributed by atoms with van der Waals surface area (Å²) in [6.07, 6.45) is 8.04. The summed E-state index contributed by atoms with van der Waals surface area (Å²) in [4.78, 5) is 0. The molecular formula is C16H18O. The van der Waals surface area contributed by atoms with Crippen molar-refractivity contribution in [2.24, 2.45) is 0 Å². The van der Waals surface area contributed by atoms with Gasteiger partial charge >= 0.3 is 0 Å². The van der Waals surface area contributed by atoms with Gasteiger partial charge in [-0.1, -0.05) is 37.6 Å². The highest BCUT2D eigenvalue weighted by molar-refractivity contribution is 5.68. The van der Waals surface area contributed by atoms with Crippen LogP contribution in [-0.2, 0) is 5.41 Å². The zero-order valence-electron chi connectivity index (χ0n) is 10.2. The van der Waals surface area contributed by atoms with Crippen LogP contribution in [0.5, 0.6) is 0 Å². The Morgan fingerprint density at radius 3 is 2.65 bits per heavy atom. The van der Waals surface area contributed by atoms with Crippen LogP contribution in [0.2, 0.25) is 0 Å². The minimum Gasteiger partial charge on any atom is -0.457 e. The highest BCUT2D eigenvalue weighted by Gasteiger charge is 2.38. The molecule has 1 nitrogen and oxygen atoms in total. The fourth-order valence-corrected chi connectivity index (χ4v) is 3.30. The molecule has 1 fully saturated rings. The molecule has 17 heavy (non-hydrogen) atoms. The van der Waals surface area contributed by atoms with Crippen LogP contribution in [-0.4, -0.2) is 0 Å². The number of hydrogen-bond donors (Lipinski definition) is 0. The second-order valence-electron chi connectivity index (χ2n) is 5.29. The molecule has 0 spiro atoms. The smallest absolute Gasteiger partial charge is 0.131 e. The zero-order valence-corrected chi connectivity index (χ0v) is 10.2. The van der Waals surface area contributed by atoms with Crippen molar-refractivity contribution in [3.8, 4) is 0 Å². The lowest BCUT2D eigenvalue weighted by atomic mass is 9.74. The van der Waals surface area contributed by atoms with Crippen molar-refractivity contribution in [1.29, 1.82) is 0 Å². The third-order valence-corrected chi connectivity index (χ3v) is 4.16. The summed E-state index contributed by atoms with van der Waals surface area (Å²) in [5, 5.41) is 0. The summed E-state index contributed by atoms with van der Waals surface area (Å²) in [6.45, 7) is 7.93. The van der Waals surface area contributed by atoms with Crippen molar-refractivity contribution >= 4 is 11.2 Å². The lowest BCUT2D eigenvalue weighted by molar-refractivity contribution is 0.441. The molecule has 2 aromatic rings. The van der Waals surface area contributed by atoms with Gasteiger partial charge in [0.25, 0.3) is 0 Å². The molecule has 2 heterocycles. The Bertz CT molecular complexity index is 540. The topological polar surface area (TPSA) is 13.1 Å². The standard InChI is InChI=1S/C16H18O/c1-3-12(2)11-16(8-4-5-9-16)14-10-13-6-7-15(14)17-13/h3,6-7,10H,1-2,4-5,8-9,11H2. The van der Waals surface area contributed by atoms with E-state index >= 15 is 0 Å². The van der Waals surface area contributed by atoms with E-state index in [1.807, 2.05) is 12.1 Å². The molecule has 0 atom stereocenters. The summed E-state index contributed by atoms with van der Waals surface area (Å²) < 4.78 is 5.71. The first-order valence-electron chi connectivity index (χ1n) is 6.36. The van der Waals surface area contributed by atoms with E-state index in [-0.39, 0.29) is 5.41 Å². The first-order chi connectivity index (χ1) is 8.23. The summed E-state index contributed by atoms with van der Waals surface area (Å²) in [5.74, 6) is 0. The number of furan rings is 2. The highest BCUT2D eigenvalue weighted by atomic mass is 16.3. The lowest BCUT2D eigenvalue weighted by Crippen LogP contribution is -2.22. The average molecular weight is 226 g/mol. The van der Waals surface area contributed by atoms with Gasteiger partial charge in [0.15, 0.2) is 0 Å². The van der Waals surface area contributed by atoms with Gasteiger partial charge in [-0.2, -0.15) is 0 Å². The minimum atomic E-state index is 0.257. The lowest BCUT2D eigenvalue weighted by Gasteiger charge is -2.28. The van der Waals surface area contributed by atoms with Crippen LogP contribution >= 0.6 is 0 Å². The molecule has 1 aliphatic carbocycles. The molecule has 0 unspecified atom stereocenters. The number of allylic oxidation sites excluding steroid dienone is 2. The maximum atomic E-state index is 5.71. The van der Waals surface area contributed by atoms with Crippen molar-refractivity contribution in [3.63, 3.8) is 0 Å². The Balaban J connectivity index is 2.01. The summed E-state index contributed by atoms with van der Waals surface area (Å²) in [5.41, 5.74) is 4.87. The van der Waals surface area contributed by atoms with Crippen molar-refractivity contribution in [3.05, 3.63) is 48.6 Å². The van der Waals surface area contributed by atoms with Crippen LogP contribution in [0.4, 0.5) is 0 Å². The van der Waals surface area contributed by atoms with Crippen LogP contribution < -0.4 is 0 Å². The predicted octanol–water partition coefficient (Wildman–Crippen LogP) is 4.81. The number of fused-ring (bicyclic) bond motifs is 2. The number of rotatable bonds is 4. The first-order valence-corrected chi connectivity index (χ1v) is 6.36. The molecule has 1 heteroatoms. The van der Waals surface area contributed by atoms with Crippen LogP contribution in [0.3, 0.4) is 0 Å². The van der Waals surface area contributed by atoms with Gasteiger partial charge in [-0.15, -0.1) is 0 Å². The Hall–Kier alpha value is -1.50. The largest absolute Gasteiger partial charge is 0.457 e. The molecule has 0 radical (unpaired) electrons. The van der Waals surface area contributed by atoms with Crippen LogP contribution in [0.25, 0.3) is 11.2 Å². The van der Waals surface area contributed by atoms with Gasteiger partial charge in [-0.25, -0.2) is 0 Å². The Morgan fingerprint density at radius 2 is 2.12 bits per heavy atom. The molecule has 1 saturated carbocycles. The van der Waals surface area contributed by atoms with Gasteiger partial charge in [-0.3, -0.25) is 0 Å². The normalized spacial score (nSPS) is 18.8. The molecule has 0 amide bonds. The highest BCUT2D eigenvalue weighted by Crippen LogP contribution is 2.48. The number of hydrogen-bond acceptors (Lipinski definition) is 1. The van der Waals surface area contributed by atoms with Gasteiger partial charge in [0.05, 0.1) is 0 Å². The first kappa shape index (κ1) is 10.6. The number of benzene rings is 1. The van der Waals surface area contributed by atoms with Crippen molar-refractivity contribution in [1.82, 2.24) is 0 Å². The Kier molecular flexibility index (Phi) is 2.36. The summed E-state index contributed by atoms with van der Waals surface area (Å²) >= 11 is 0. The van der Waals surface area contributed by atoms with Gasteiger partial charge in [0, 0.05) is 11.0 Å². The molecule has 1 aliphatic rings. The van der Waals surface area contributed by atoms with Crippen molar-refractivity contribution < 1.29 is 4.42 Å². The molecule has 88 valence electrons. The van der Waals surface area contributed by atoms with E-state index in [1.165, 1.54) is 31.2 Å². The van der Waals surface area contributed by atoms with Gasteiger partial charge in [-0.05, 0) is 37.5 Å². The van der Waals surface area contributed by atoms with Gasteiger partial charge < -0.3 is 4.42 Å². The minimum absolute atomic E-state index is 0.257. The third kappa shape index (κ3) is 1.61. The predicted molar refractivity (Wildman–Crippen MR) is 71.5 cm³/mol. The van der Waals surface area contributed by atoms with E-state index in [1.54, 1.807) is 0 Å². The second-order valence-corrected chi connectivity index (χ2v) is 5.29. The van der Waals surface area contributed by atoms with Crippen LogP contribution in [0.1, 0.15) is 37.7 Å². The van der Waals surface area contributed by atoms with E-state index < -0.39 is 0 Å². The molecule has 0 saturated heterocycles. The third-order valence-electron chi connectivity index (χ3n) is 4.16. The average Bonchev–Trinajstić information content (AvgIpc) is 3.04. The second kappa shape index (κ2) is 3.76. The molecular weight excluding hydrogens is 208 g/mol. The molecule has 0 N–H and O–H groups in total. The van der Waals surface area contributed by atoms with E-state index in [0.29, 0.717) is 0 Å².